The monoisotopic (exact) mass is 335 g/mol. The Hall–Kier alpha value is -0.870. The van der Waals surface area contributed by atoms with Crippen molar-refractivity contribution in [3.8, 4) is 0 Å². The Morgan fingerprint density at radius 2 is 2.18 bits per heavy atom. The standard InChI is InChI=1S/C18H22ClNOS/c1-12(2)7-9-21-11-17-14-10-20(3)8-6-13-15(19)4-5-16(22-17)18(13)14/h4-5,7H,6,8-11H2,1-3H3. The van der Waals surface area contributed by atoms with Crippen LogP contribution in [0.1, 0.15) is 29.9 Å². The van der Waals surface area contributed by atoms with Crippen molar-refractivity contribution in [2.24, 2.45) is 0 Å². The third-order valence-corrected chi connectivity index (χ3v) is 5.63. The number of allylic oxidation sites excluding steroid dienone is 1. The molecule has 0 fully saturated rings. The van der Waals surface area contributed by atoms with Crippen LogP contribution in [0, 0.1) is 0 Å². The van der Waals surface area contributed by atoms with Crippen molar-refractivity contribution in [2.45, 2.75) is 33.4 Å². The fourth-order valence-electron chi connectivity index (χ4n) is 2.91. The second kappa shape index (κ2) is 6.71. The summed E-state index contributed by atoms with van der Waals surface area (Å²) in [5.41, 5.74) is 4.02. The Bertz CT molecular complexity index is 715. The van der Waals surface area contributed by atoms with E-state index in [0.29, 0.717) is 13.2 Å². The van der Waals surface area contributed by atoms with Crippen LogP contribution in [0.25, 0.3) is 10.1 Å². The van der Waals surface area contributed by atoms with Crippen molar-refractivity contribution in [1.82, 2.24) is 4.90 Å². The van der Waals surface area contributed by atoms with Crippen molar-refractivity contribution < 1.29 is 4.74 Å². The fraction of sp³-hybridized carbons (Fsp3) is 0.444. The van der Waals surface area contributed by atoms with Gasteiger partial charge in [0.15, 0.2) is 0 Å². The van der Waals surface area contributed by atoms with E-state index in [-0.39, 0.29) is 0 Å². The molecule has 1 aliphatic heterocycles. The molecule has 22 heavy (non-hydrogen) atoms. The summed E-state index contributed by atoms with van der Waals surface area (Å²) in [4.78, 5) is 3.71. The SMILES string of the molecule is CC(C)=CCOCc1sc2ccc(Cl)c3c2c1CN(C)CC3. The van der Waals surface area contributed by atoms with Gasteiger partial charge in [-0.25, -0.2) is 0 Å². The molecule has 1 aromatic carbocycles. The third kappa shape index (κ3) is 3.23. The van der Waals surface area contributed by atoms with E-state index >= 15 is 0 Å². The lowest BCUT2D eigenvalue weighted by atomic mass is 10.0. The molecule has 1 aromatic heterocycles. The highest BCUT2D eigenvalue weighted by molar-refractivity contribution is 7.19. The van der Waals surface area contributed by atoms with Gasteiger partial charge in [0.25, 0.3) is 0 Å². The van der Waals surface area contributed by atoms with E-state index in [0.717, 1.165) is 24.5 Å². The van der Waals surface area contributed by atoms with E-state index in [1.165, 1.54) is 31.7 Å². The van der Waals surface area contributed by atoms with Gasteiger partial charge in [0, 0.05) is 33.1 Å². The normalized spacial score (nSPS) is 15.1. The van der Waals surface area contributed by atoms with Crippen molar-refractivity contribution in [3.63, 3.8) is 0 Å². The van der Waals surface area contributed by atoms with E-state index in [9.17, 15) is 0 Å². The molecule has 0 saturated heterocycles. The summed E-state index contributed by atoms with van der Waals surface area (Å²) in [5.74, 6) is 0. The topological polar surface area (TPSA) is 12.5 Å². The number of likely N-dealkylation sites (N-methyl/N-ethyl adjacent to an activating group) is 1. The van der Waals surface area contributed by atoms with Crippen LogP contribution >= 0.6 is 22.9 Å². The van der Waals surface area contributed by atoms with Gasteiger partial charge in [-0.2, -0.15) is 0 Å². The zero-order valence-electron chi connectivity index (χ0n) is 13.4. The lowest BCUT2D eigenvalue weighted by Crippen LogP contribution is -2.19. The second-order valence-electron chi connectivity index (χ2n) is 6.19. The van der Waals surface area contributed by atoms with Gasteiger partial charge < -0.3 is 9.64 Å². The minimum Gasteiger partial charge on any atom is -0.372 e. The first-order valence-corrected chi connectivity index (χ1v) is 8.87. The van der Waals surface area contributed by atoms with Gasteiger partial charge in [-0.3, -0.25) is 0 Å². The first kappa shape index (κ1) is 16.0. The Morgan fingerprint density at radius 3 is 2.95 bits per heavy atom. The van der Waals surface area contributed by atoms with Crippen LogP contribution in [0.15, 0.2) is 23.8 Å². The van der Waals surface area contributed by atoms with Gasteiger partial charge in [0.05, 0.1) is 13.2 Å². The number of benzene rings is 1. The average molecular weight is 336 g/mol. The van der Waals surface area contributed by atoms with Crippen molar-refractivity contribution in [1.29, 1.82) is 0 Å². The molecular weight excluding hydrogens is 314 g/mol. The molecule has 0 atom stereocenters. The maximum absolute atomic E-state index is 6.45. The maximum Gasteiger partial charge on any atom is 0.0817 e. The number of hydrogen-bond donors (Lipinski definition) is 0. The number of hydrogen-bond acceptors (Lipinski definition) is 3. The largest absolute Gasteiger partial charge is 0.372 e. The Kier molecular flexibility index (Phi) is 4.88. The fourth-order valence-corrected chi connectivity index (χ4v) is 4.34. The van der Waals surface area contributed by atoms with Gasteiger partial charge in [-0.1, -0.05) is 23.3 Å². The number of ether oxygens (including phenoxy) is 1. The van der Waals surface area contributed by atoms with Crippen LogP contribution in [0.4, 0.5) is 0 Å². The van der Waals surface area contributed by atoms with Gasteiger partial charge in [0.1, 0.15) is 0 Å². The molecule has 0 N–H and O–H groups in total. The predicted octanol–water partition coefficient (Wildman–Crippen LogP) is 5.03. The Morgan fingerprint density at radius 1 is 1.36 bits per heavy atom. The lowest BCUT2D eigenvalue weighted by molar-refractivity contribution is 0.149. The zero-order chi connectivity index (χ0) is 15.7. The molecular formula is C18H22ClNOS. The summed E-state index contributed by atoms with van der Waals surface area (Å²) in [5, 5.41) is 2.28. The lowest BCUT2D eigenvalue weighted by Gasteiger charge is -2.14. The second-order valence-corrected chi connectivity index (χ2v) is 7.73. The summed E-state index contributed by atoms with van der Waals surface area (Å²) >= 11 is 8.30. The summed E-state index contributed by atoms with van der Waals surface area (Å²) in [7, 11) is 2.18. The summed E-state index contributed by atoms with van der Waals surface area (Å²) < 4.78 is 7.19. The molecule has 0 spiro atoms. The van der Waals surface area contributed by atoms with Gasteiger partial charge >= 0.3 is 0 Å². The molecule has 0 unspecified atom stereocenters. The molecule has 3 rings (SSSR count). The van der Waals surface area contributed by atoms with E-state index in [1.54, 1.807) is 0 Å². The zero-order valence-corrected chi connectivity index (χ0v) is 15.0. The molecule has 0 aliphatic carbocycles. The van der Waals surface area contributed by atoms with Crippen molar-refractivity contribution in [3.05, 3.63) is 44.8 Å². The van der Waals surface area contributed by atoms with Gasteiger partial charge in [0.2, 0.25) is 0 Å². The minimum atomic E-state index is 0.680. The van der Waals surface area contributed by atoms with Crippen LogP contribution in [0.2, 0.25) is 5.02 Å². The van der Waals surface area contributed by atoms with Crippen LogP contribution in [-0.2, 0) is 24.3 Å². The number of halogens is 1. The van der Waals surface area contributed by atoms with E-state index in [4.69, 9.17) is 16.3 Å². The molecule has 0 amide bonds. The molecule has 0 saturated carbocycles. The van der Waals surface area contributed by atoms with E-state index < -0.39 is 0 Å². The smallest absolute Gasteiger partial charge is 0.0817 e. The predicted molar refractivity (Wildman–Crippen MR) is 96.0 cm³/mol. The number of nitrogens with zero attached hydrogens (tertiary/aromatic N) is 1. The van der Waals surface area contributed by atoms with Crippen LogP contribution < -0.4 is 0 Å². The first-order chi connectivity index (χ1) is 10.6. The van der Waals surface area contributed by atoms with Crippen molar-refractivity contribution in [2.75, 3.05) is 20.2 Å². The molecule has 2 nitrogen and oxygen atoms in total. The van der Waals surface area contributed by atoms with Crippen LogP contribution in [0.3, 0.4) is 0 Å². The van der Waals surface area contributed by atoms with Crippen LogP contribution in [0.5, 0.6) is 0 Å². The summed E-state index contributed by atoms with van der Waals surface area (Å²) in [6.45, 7) is 7.59. The molecule has 0 radical (unpaired) electrons. The molecule has 2 heterocycles. The van der Waals surface area contributed by atoms with Crippen molar-refractivity contribution >= 4 is 33.0 Å². The molecule has 4 heteroatoms. The molecule has 1 aliphatic rings. The Labute approximate surface area is 141 Å². The van der Waals surface area contributed by atoms with E-state index in [1.807, 2.05) is 17.4 Å². The molecule has 118 valence electrons. The highest BCUT2D eigenvalue weighted by Crippen LogP contribution is 2.39. The molecule has 0 bridgehead atoms. The van der Waals surface area contributed by atoms with E-state index in [2.05, 4.69) is 37.9 Å². The number of thiophene rings is 1. The van der Waals surface area contributed by atoms with Crippen LogP contribution in [-0.4, -0.2) is 25.1 Å². The minimum absolute atomic E-state index is 0.680. The highest BCUT2D eigenvalue weighted by Gasteiger charge is 2.21. The third-order valence-electron chi connectivity index (χ3n) is 4.10. The van der Waals surface area contributed by atoms with Gasteiger partial charge in [-0.05, 0) is 50.6 Å². The number of rotatable bonds is 4. The highest BCUT2D eigenvalue weighted by atomic mass is 35.5. The maximum atomic E-state index is 6.45. The summed E-state index contributed by atoms with van der Waals surface area (Å²) in [6.07, 6.45) is 3.15. The molecule has 2 aromatic rings. The average Bonchev–Trinajstić information content (AvgIpc) is 2.69. The summed E-state index contributed by atoms with van der Waals surface area (Å²) in [6, 6.07) is 4.19. The van der Waals surface area contributed by atoms with Gasteiger partial charge in [-0.15, -0.1) is 11.3 Å². The Balaban J connectivity index is 1.95. The first-order valence-electron chi connectivity index (χ1n) is 7.67. The quantitative estimate of drug-likeness (QED) is 0.574.